The summed E-state index contributed by atoms with van der Waals surface area (Å²) in [6.45, 7) is 21.3. The number of aliphatic imine (C=N–C) groups is 1. The number of hydrogen-bond donors (Lipinski definition) is 2. The molecule has 1 fully saturated rings. The number of hydrogen-bond acceptors (Lipinski definition) is 4. The van der Waals surface area contributed by atoms with E-state index in [-0.39, 0.29) is 0 Å². The largest absolute Gasteiger partial charge is 0.493 e. The van der Waals surface area contributed by atoms with Crippen LogP contribution in [0.15, 0.2) is 60.8 Å². The molecule has 0 spiro atoms. The van der Waals surface area contributed by atoms with Crippen molar-refractivity contribution in [3.05, 3.63) is 66.9 Å². The van der Waals surface area contributed by atoms with E-state index in [1.807, 2.05) is 39.8 Å². The van der Waals surface area contributed by atoms with Crippen molar-refractivity contribution in [1.29, 1.82) is 0 Å². The van der Waals surface area contributed by atoms with Gasteiger partial charge >= 0.3 is 0 Å². The fourth-order valence-corrected chi connectivity index (χ4v) is 2.43. The third kappa shape index (κ3) is 7.39. The Hall–Kier alpha value is -2.59. The summed E-state index contributed by atoms with van der Waals surface area (Å²) in [5, 5.41) is 3.36. The molecule has 1 aromatic carbocycles. The molecule has 1 aliphatic rings. The second-order valence-corrected chi connectivity index (χ2v) is 8.46. The molecule has 0 saturated heterocycles. The predicted octanol–water partition coefficient (Wildman–Crippen LogP) is 5.34. The Morgan fingerprint density at radius 1 is 1.24 bits per heavy atom. The van der Waals surface area contributed by atoms with Gasteiger partial charge in [0.25, 0.3) is 0 Å². The van der Waals surface area contributed by atoms with E-state index in [9.17, 15) is 0 Å². The molecule has 0 radical (unpaired) electrons. The number of nitrogens with two attached hydrogens (primary N) is 1. The lowest BCUT2D eigenvalue weighted by atomic mass is 10.0. The van der Waals surface area contributed by atoms with Crippen molar-refractivity contribution in [2.75, 3.05) is 13.2 Å². The molecule has 156 valence electrons. The molecular weight excluding hydrogens is 358 g/mol. The maximum atomic E-state index is 6.07. The second kappa shape index (κ2) is 9.75. The van der Waals surface area contributed by atoms with Gasteiger partial charge in [0.2, 0.25) is 0 Å². The summed E-state index contributed by atoms with van der Waals surface area (Å²) >= 11 is 0. The average Bonchev–Trinajstić information content (AvgIpc) is 3.49. The smallest absolute Gasteiger partial charge is 0.120 e. The van der Waals surface area contributed by atoms with Crippen LogP contribution in [-0.2, 0) is 0 Å². The molecule has 0 unspecified atom stereocenters. The Labute approximate surface area is 175 Å². The van der Waals surface area contributed by atoms with E-state index in [0.29, 0.717) is 12.5 Å². The topological polar surface area (TPSA) is 59.6 Å². The minimum absolute atomic E-state index is 0.445. The maximum absolute atomic E-state index is 6.07. The van der Waals surface area contributed by atoms with Crippen molar-refractivity contribution in [3.8, 4) is 5.75 Å². The number of nitrogens with zero attached hydrogens (tertiary/aromatic N) is 1. The Morgan fingerprint density at radius 2 is 1.90 bits per heavy atom. The molecule has 2 rings (SSSR count). The predicted molar refractivity (Wildman–Crippen MR) is 126 cm³/mol. The summed E-state index contributed by atoms with van der Waals surface area (Å²) in [4.78, 5) is 4.47. The van der Waals surface area contributed by atoms with Gasteiger partial charge in [0.15, 0.2) is 0 Å². The van der Waals surface area contributed by atoms with E-state index >= 15 is 0 Å². The van der Waals surface area contributed by atoms with E-state index in [1.54, 1.807) is 12.3 Å². The van der Waals surface area contributed by atoms with E-state index in [4.69, 9.17) is 10.5 Å². The fraction of sp³-hybridized carbons (Fsp3) is 0.400. The van der Waals surface area contributed by atoms with Gasteiger partial charge in [-0.05, 0) is 75.8 Å². The number of benzene rings is 1. The van der Waals surface area contributed by atoms with Crippen LogP contribution in [0.5, 0.6) is 5.75 Å². The molecule has 0 bridgehead atoms. The van der Waals surface area contributed by atoms with Crippen LogP contribution in [0.1, 0.15) is 51.7 Å². The lowest BCUT2D eigenvalue weighted by Crippen LogP contribution is -2.39. The van der Waals surface area contributed by atoms with Crippen molar-refractivity contribution >= 4 is 17.0 Å². The van der Waals surface area contributed by atoms with Gasteiger partial charge in [0.05, 0.1) is 6.61 Å². The van der Waals surface area contributed by atoms with E-state index < -0.39 is 5.54 Å². The van der Waals surface area contributed by atoms with Crippen molar-refractivity contribution in [2.45, 2.75) is 46.1 Å². The zero-order valence-electron chi connectivity index (χ0n) is 18.3. The van der Waals surface area contributed by atoms with Crippen molar-refractivity contribution in [3.63, 3.8) is 0 Å². The van der Waals surface area contributed by atoms with Gasteiger partial charge in [-0.3, -0.25) is 4.99 Å². The highest BCUT2D eigenvalue weighted by Gasteiger charge is 2.22. The molecule has 0 heterocycles. The van der Waals surface area contributed by atoms with E-state index in [0.717, 1.165) is 46.0 Å². The second-order valence-electron chi connectivity index (χ2n) is 8.46. The summed E-state index contributed by atoms with van der Waals surface area (Å²) in [5.74, 6) is 1.57. The average molecular weight is 394 g/mol. The van der Waals surface area contributed by atoms with Gasteiger partial charge in [-0.15, -0.1) is 0 Å². The van der Waals surface area contributed by atoms with Crippen LogP contribution in [0, 0.1) is 5.92 Å². The Balaban J connectivity index is 2.09. The molecule has 4 nitrogen and oxygen atoms in total. The van der Waals surface area contributed by atoms with E-state index in [2.05, 4.69) is 36.1 Å². The summed E-state index contributed by atoms with van der Waals surface area (Å²) in [6, 6.07) is 6.15. The van der Waals surface area contributed by atoms with Crippen LogP contribution in [0.2, 0.25) is 0 Å². The van der Waals surface area contributed by atoms with Crippen molar-refractivity contribution in [2.24, 2.45) is 16.6 Å². The Bertz CT molecular complexity index is 836. The summed E-state index contributed by atoms with van der Waals surface area (Å²) in [6.07, 6.45) is 6.11. The first kappa shape index (κ1) is 22.7. The van der Waals surface area contributed by atoms with Gasteiger partial charge in [0, 0.05) is 35.3 Å². The molecule has 3 N–H and O–H groups in total. The van der Waals surface area contributed by atoms with Crippen LogP contribution in [0.3, 0.4) is 0 Å². The molecule has 1 saturated carbocycles. The minimum atomic E-state index is -0.445. The van der Waals surface area contributed by atoms with Crippen LogP contribution in [0.25, 0.3) is 11.3 Å². The molecular formula is C25H35N3O. The van der Waals surface area contributed by atoms with Gasteiger partial charge in [-0.25, -0.2) is 0 Å². The standard InChI is InChI=1S/C25H35N3O/c1-8-20(15-28-19(5)25(6,7)26)14-27-18(4)23-11-22(17(2)3)12-24(13-23)29-16-21-9-10-21/h8,11-13,15,21,27H,1-2,4,9-10,14,16,26H2,3,5-7H3/b20-15+,28-19+. The third-order valence-corrected chi connectivity index (χ3v) is 5.06. The van der Waals surface area contributed by atoms with Gasteiger partial charge in [-0.2, -0.15) is 0 Å². The fourth-order valence-electron chi connectivity index (χ4n) is 2.43. The highest BCUT2D eigenvalue weighted by molar-refractivity contribution is 5.90. The molecule has 0 atom stereocenters. The lowest BCUT2D eigenvalue weighted by molar-refractivity contribution is 0.299. The van der Waals surface area contributed by atoms with Crippen molar-refractivity contribution in [1.82, 2.24) is 5.32 Å². The van der Waals surface area contributed by atoms with E-state index in [1.165, 1.54) is 12.8 Å². The Morgan fingerprint density at radius 3 is 2.45 bits per heavy atom. The molecule has 0 aromatic heterocycles. The number of ether oxygens (including phenoxy) is 1. The summed E-state index contributed by atoms with van der Waals surface area (Å²) in [7, 11) is 0. The number of allylic oxidation sites excluding steroid dienone is 1. The maximum Gasteiger partial charge on any atom is 0.120 e. The van der Waals surface area contributed by atoms with Crippen molar-refractivity contribution < 1.29 is 4.74 Å². The lowest BCUT2D eigenvalue weighted by Gasteiger charge is -2.17. The van der Waals surface area contributed by atoms with Crippen LogP contribution >= 0.6 is 0 Å². The van der Waals surface area contributed by atoms with Gasteiger partial charge in [-0.1, -0.05) is 31.4 Å². The van der Waals surface area contributed by atoms with Crippen LogP contribution in [-0.4, -0.2) is 24.4 Å². The molecule has 0 amide bonds. The summed E-state index contributed by atoms with van der Waals surface area (Å²) in [5.41, 5.74) is 11.3. The van der Waals surface area contributed by atoms with Gasteiger partial charge < -0.3 is 15.8 Å². The van der Waals surface area contributed by atoms with Crippen LogP contribution in [0.4, 0.5) is 0 Å². The minimum Gasteiger partial charge on any atom is -0.493 e. The first-order chi connectivity index (χ1) is 13.6. The van der Waals surface area contributed by atoms with Gasteiger partial charge in [0.1, 0.15) is 5.75 Å². The SMILES string of the molecule is C=C/C(=C\N=C(/C)C(C)(C)N)CNC(=C)c1cc(OCC2CC2)cc(C(=C)C)c1. The molecule has 1 aliphatic carbocycles. The Kier molecular flexibility index (Phi) is 7.63. The van der Waals surface area contributed by atoms with Crippen LogP contribution < -0.4 is 15.8 Å². The number of nitrogens with one attached hydrogen (secondary N) is 1. The first-order valence-electron chi connectivity index (χ1n) is 10.1. The normalized spacial score (nSPS) is 15.1. The third-order valence-electron chi connectivity index (χ3n) is 5.06. The monoisotopic (exact) mass is 393 g/mol. The molecule has 1 aromatic rings. The quantitative estimate of drug-likeness (QED) is 0.394. The summed E-state index contributed by atoms with van der Waals surface area (Å²) < 4.78 is 5.99. The highest BCUT2D eigenvalue weighted by atomic mass is 16.5. The zero-order chi connectivity index (χ0) is 21.6. The number of rotatable bonds is 11. The molecule has 4 heteroatoms. The molecule has 29 heavy (non-hydrogen) atoms. The highest BCUT2D eigenvalue weighted by Crippen LogP contribution is 2.31. The first-order valence-corrected chi connectivity index (χ1v) is 10.1. The zero-order valence-corrected chi connectivity index (χ0v) is 18.3. The molecule has 0 aliphatic heterocycles.